The quantitative estimate of drug-likeness (QED) is 0.402. The van der Waals surface area contributed by atoms with E-state index in [1.165, 1.54) is 0 Å². The average Bonchev–Trinajstić information content (AvgIpc) is 3.26. The fourth-order valence-electron chi connectivity index (χ4n) is 3.14. The van der Waals surface area contributed by atoms with Crippen LogP contribution >= 0.6 is 0 Å². The van der Waals surface area contributed by atoms with Crippen LogP contribution in [0, 0.1) is 0 Å². The zero-order chi connectivity index (χ0) is 24.7. The molecule has 34 heavy (non-hydrogen) atoms. The van der Waals surface area contributed by atoms with Crippen LogP contribution in [-0.4, -0.2) is 64.9 Å². The van der Waals surface area contributed by atoms with E-state index in [9.17, 15) is 18.0 Å². The van der Waals surface area contributed by atoms with Crippen LogP contribution in [0.2, 0.25) is 0 Å². The highest BCUT2D eigenvalue weighted by atomic mass is 19.4. The molecule has 12 heteroatoms. The summed E-state index contributed by atoms with van der Waals surface area (Å²) < 4.78 is 36.8. The highest BCUT2D eigenvalue weighted by molar-refractivity contribution is 5.97. The monoisotopic (exact) mass is 477 g/mol. The molecule has 4 N–H and O–H groups in total. The summed E-state index contributed by atoms with van der Waals surface area (Å²) in [7, 11) is 1.67. The lowest BCUT2D eigenvalue weighted by Crippen LogP contribution is -2.31. The van der Waals surface area contributed by atoms with E-state index in [-0.39, 0.29) is 5.91 Å². The number of anilines is 1. The first kappa shape index (κ1) is 24.7. The van der Waals surface area contributed by atoms with Crippen molar-refractivity contribution in [2.45, 2.75) is 12.6 Å². The topological polar surface area (TPSA) is 129 Å². The van der Waals surface area contributed by atoms with Gasteiger partial charge in [0.15, 0.2) is 0 Å². The van der Waals surface area contributed by atoms with Gasteiger partial charge in [0.05, 0.1) is 17.9 Å². The van der Waals surface area contributed by atoms with Gasteiger partial charge in [0, 0.05) is 61.5 Å². The molecular weight excluding hydrogens is 455 g/mol. The van der Waals surface area contributed by atoms with Crippen molar-refractivity contribution in [1.82, 2.24) is 20.3 Å². The van der Waals surface area contributed by atoms with Crippen molar-refractivity contribution in [3.63, 3.8) is 0 Å². The van der Waals surface area contributed by atoms with Gasteiger partial charge in [-0.25, -0.2) is 9.78 Å². The maximum Gasteiger partial charge on any atom is 0.490 e. The number of ether oxygens (including phenoxy) is 1. The van der Waals surface area contributed by atoms with Gasteiger partial charge in [-0.1, -0.05) is 0 Å². The van der Waals surface area contributed by atoms with Gasteiger partial charge in [-0.2, -0.15) is 13.2 Å². The van der Waals surface area contributed by atoms with Gasteiger partial charge < -0.3 is 25.5 Å². The van der Waals surface area contributed by atoms with E-state index in [1.807, 2.05) is 30.3 Å². The summed E-state index contributed by atoms with van der Waals surface area (Å²) in [6, 6.07) is 9.76. The number of pyridine rings is 2. The molecule has 0 atom stereocenters. The first-order chi connectivity index (χ1) is 16.2. The number of aromatic nitrogens is 3. The number of hydrogen-bond acceptors (Lipinski definition) is 6. The lowest BCUT2D eigenvalue weighted by Gasteiger charge is -2.11. The number of amides is 1. The third-order valence-electron chi connectivity index (χ3n) is 4.79. The van der Waals surface area contributed by atoms with Gasteiger partial charge in [0.2, 0.25) is 0 Å². The van der Waals surface area contributed by atoms with Crippen LogP contribution in [0.3, 0.4) is 0 Å². The second-order valence-electron chi connectivity index (χ2n) is 7.17. The van der Waals surface area contributed by atoms with Crippen LogP contribution in [0.5, 0.6) is 0 Å². The number of carbonyl (C=O) groups excluding carboxylic acids is 1. The predicted octanol–water partition coefficient (Wildman–Crippen LogP) is 3.12. The standard InChI is InChI=1S/C20H21N5O2.C2HF3O2/c1-27-9-8-22-19-3-2-14(12-24-19)17-10-13(4-6-21-17)18-11-15-16(25-18)5-7-23-20(15)26;3-2(4,5)1(6)7/h2-4,6,10-12,25H,5,7-9H2,1H3,(H,22,24)(H,23,26);(H,6,7). The fourth-order valence-corrected chi connectivity index (χ4v) is 3.14. The predicted molar refractivity (Wildman–Crippen MR) is 117 cm³/mol. The molecule has 1 aliphatic heterocycles. The Bertz CT molecular complexity index is 1150. The maximum absolute atomic E-state index is 12.0. The molecule has 3 aromatic heterocycles. The average molecular weight is 477 g/mol. The number of rotatable bonds is 6. The van der Waals surface area contributed by atoms with E-state index in [0.717, 1.165) is 46.0 Å². The minimum absolute atomic E-state index is 0.0196. The first-order valence-electron chi connectivity index (χ1n) is 10.1. The number of alkyl halides is 3. The summed E-state index contributed by atoms with van der Waals surface area (Å²) in [5.41, 5.74) is 5.39. The van der Waals surface area contributed by atoms with Crippen molar-refractivity contribution in [2.24, 2.45) is 0 Å². The molecule has 0 spiro atoms. The summed E-state index contributed by atoms with van der Waals surface area (Å²) in [6.45, 7) is 2.01. The first-order valence-corrected chi connectivity index (χ1v) is 10.1. The molecular formula is C22H22F3N5O4. The summed E-state index contributed by atoms with van der Waals surface area (Å²) in [6.07, 6.45) is -0.690. The normalized spacial score (nSPS) is 12.8. The van der Waals surface area contributed by atoms with Crippen molar-refractivity contribution in [3.8, 4) is 22.5 Å². The van der Waals surface area contributed by atoms with Crippen LogP contribution in [-0.2, 0) is 16.0 Å². The third-order valence-corrected chi connectivity index (χ3v) is 4.79. The molecule has 3 aromatic rings. The molecule has 4 heterocycles. The van der Waals surface area contributed by atoms with E-state index in [0.29, 0.717) is 19.7 Å². The van der Waals surface area contributed by atoms with Crippen LogP contribution in [0.1, 0.15) is 16.1 Å². The molecule has 1 aliphatic rings. The summed E-state index contributed by atoms with van der Waals surface area (Å²) in [4.78, 5) is 33.1. The molecule has 180 valence electrons. The number of fused-ring (bicyclic) bond motifs is 1. The Labute approximate surface area is 192 Å². The van der Waals surface area contributed by atoms with Crippen molar-refractivity contribution in [1.29, 1.82) is 0 Å². The van der Waals surface area contributed by atoms with Gasteiger partial charge in [0.1, 0.15) is 5.82 Å². The Kier molecular flexibility index (Phi) is 7.84. The van der Waals surface area contributed by atoms with Crippen molar-refractivity contribution < 1.29 is 32.6 Å². The second kappa shape index (κ2) is 10.8. The molecule has 0 aromatic carbocycles. The zero-order valence-electron chi connectivity index (χ0n) is 18.1. The van der Waals surface area contributed by atoms with Crippen molar-refractivity contribution in [2.75, 3.05) is 32.1 Å². The van der Waals surface area contributed by atoms with E-state index in [4.69, 9.17) is 14.6 Å². The minimum Gasteiger partial charge on any atom is -0.475 e. The number of aliphatic carboxylic acids is 1. The summed E-state index contributed by atoms with van der Waals surface area (Å²) >= 11 is 0. The SMILES string of the molecule is COCCNc1ccc(-c2cc(-c3cc4c([nH]3)CCNC4=O)ccn2)cn1.O=C(O)C(F)(F)F. The Morgan fingerprint density at radius 2 is 1.97 bits per heavy atom. The molecule has 0 fully saturated rings. The largest absolute Gasteiger partial charge is 0.490 e. The third kappa shape index (κ3) is 6.32. The number of aromatic amines is 1. The number of carboxylic acid groups (broad SMARTS) is 1. The maximum atomic E-state index is 12.0. The Balaban J connectivity index is 0.000000406. The van der Waals surface area contributed by atoms with Gasteiger partial charge >= 0.3 is 12.1 Å². The van der Waals surface area contributed by atoms with E-state index in [2.05, 4.69) is 25.6 Å². The number of nitrogens with one attached hydrogen (secondary N) is 3. The van der Waals surface area contributed by atoms with E-state index >= 15 is 0 Å². The Morgan fingerprint density at radius 3 is 2.59 bits per heavy atom. The van der Waals surface area contributed by atoms with E-state index < -0.39 is 12.1 Å². The molecule has 0 saturated carbocycles. The fraction of sp³-hybridized carbons (Fsp3) is 0.273. The number of H-pyrrole nitrogens is 1. The number of carboxylic acids is 1. The minimum atomic E-state index is -5.08. The van der Waals surface area contributed by atoms with Crippen LogP contribution in [0.15, 0.2) is 42.7 Å². The molecule has 9 nitrogen and oxygen atoms in total. The van der Waals surface area contributed by atoms with Gasteiger partial charge in [-0.05, 0) is 30.3 Å². The van der Waals surface area contributed by atoms with Gasteiger partial charge in [0.25, 0.3) is 5.91 Å². The summed E-state index contributed by atoms with van der Waals surface area (Å²) in [5, 5.41) is 13.2. The van der Waals surface area contributed by atoms with Gasteiger partial charge in [-0.15, -0.1) is 0 Å². The lowest BCUT2D eigenvalue weighted by molar-refractivity contribution is -0.192. The Morgan fingerprint density at radius 1 is 1.21 bits per heavy atom. The van der Waals surface area contributed by atoms with Crippen molar-refractivity contribution in [3.05, 3.63) is 54.0 Å². The number of methoxy groups -OCH3 is 1. The molecule has 0 unspecified atom stereocenters. The van der Waals surface area contributed by atoms with Crippen LogP contribution < -0.4 is 10.6 Å². The number of carbonyl (C=O) groups is 2. The highest BCUT2D eigenvalue weighted by Crippen LogP contribution is 2.27. The number of nitrogens with zero attached hydrogens (tertiary/aromatic N) is 2. The smallest absolute Gasteiger partial charge is 0.475 e. The number of halogens is 3. The van der Waals surface area contributed by atoms with Gasteiger partial charge in [-0.3, -0.25) is 9.78 Å². The molecule has 0 aliphatic carbocycles. The molecule has 1 amide bonds. The molecule has 0 radical (unpaired) electrons. The zero-order valence-corrected chi connectivity index (χ0v) is 18.1. The molecule has 0 saturated heterocycles. The Hall–Kier alpha value is -3.93. The highest BCUT2D eigenvalue weighted by Gasteiger charge is 2.38. The second-order valence-corrected chi connectivity index (χ2v) is 7.17. The van der Waals surface area contributed by atoms with Crippen molar-refractivity contribution >= 4 is 17.7 Å². The van der Waals surface area contributed by atoms with E-state index in [1.54, 1.807) is 19.5 Å². The molecule has 0 bridgehead atoms. The summed E-state index contributed by atoms with van der Waals surface area (Å²) in [5.74, 6) is -1.98. The lowest BCUT2D eigenvalue weighted by atomic mass is 10.1. The van der Waals surface area contributed by atoms with Crippen LogP contribution in [0.25, 0.3) is 22.5 Å². The number of hydrogen-bond donors (Lipinski definition) is 4. The molecule has 4 rings (SSSR count). The van der Waals surface area contributed by atoms with Crippen LogP contribution in [0.4, 0.5) is 19.0 Å².